The van der Waals surface area contributed by atoms with Gasteiger partial charge in [0.2, 0.25) is 0 Å². The molecule has 1 unspecified atom stereocenters. The minimum Gasteiger partial charge on any atom is -0.249 e. The second-order valence-corrected chi connectivity index (χ2v) is 4.45. The first-order valence-corrected chi connectivity index (χ1v) is 4.19. The van der Waals surface area contributed by atoms with E-state index in [4.69, 9.17) is 0 Å². The molecule has 0 aromatic rings. The van der Waals surface area contributed by atoms with Crippen LogP contribution >= 0.6 is 0 Å². The molecule has 0 bridgehead atoms. The summed E-state index contributed by atoms with van der Waals surface area (Å²) in [4.78, 5) is 0. The first-order chi connectivity index (χ1) is 3.50. The average Bonchev–Trinajstić information content (AvgIpc) is 1.67. The van der Waals surface area contributed by atoms with Crippen LogP contribution in [-0.2, 0) is 0 Å². The molecule has 8 heavy (non-hydrogen) atoms. The van der Waals surface area contributed by atoms with Crippen LogP contribution in [0.4, 0.5) is 4.39 Å². The summed E-state index contributed by atoms with van der Waals surface area (Å²) in [5.74, 6) is 0.208. The van der Waals surface area contributed by atoms with Crippen molar-refractivity contribution in [1.29, 1.82) is 0 Å². The first kappa shape index (κ1) is 8.15. The fourth-order valence-electron chi connectivity index (χ4n) is 0.408. The van der Waals surface area contributed by atoms with Crippen molar-refractivity contribution in [3.63, 3.8) is 0 Å². The Balaban J connectivity index is 3.71. The summed E-state index contributed by atoms with van der Waals surface area (Å²) in [5.41, 5.74) is 0. The fraction of sp³-hybridized carbons (Fsp3) is 1.00. The van der Waals surface area contributed by atoms with Gasteiger partial charge < -0.3 is 0 Å². The van der Waals surface area contributed by atoms with E-state index >= 15 is 0 Å². The molecule has 0 radical (unpaired) electrons. The van der Waals surface area contributed by atoms with Gasteiger partial charge in [0.1, 0.15) is 0 Å². The highest BCUT2D eigenvalue weighted by molar-refractivity contribution is 6.14. The number of alkyl halides is 1. The molecule has 0 aliphatic rings. The van der Waals surface area contributed by atoms with Crippen LogP contribution in [0.5, 0.6) is 0 Å². The smallest absolute Gasteiger partial charge is 0.0916 e. The normalized spacial score (nSPS) is 19.1. The van der Waals surface area contributed by atoms with E-state index in [1.807, 2.05) is 20.8 Å². The predicted octanol–water partition coefficient (Wildman–Crippen LogP) is 1.08. The van der Waals surface area contributed by atoms with Crippen molar-refractivity contribution < 1.29 is 4.39 Å². The van der Waals surface area contributed by atoms with Crippen LogP contribution in [0.2, 0.25) is 0 Å². The molecule has 0 N–H and O–H groups in total. The summed E-state index contributed by atoms with van der Waals surface area (Å²) in [7, 11) is 0.667. The van der Waals surface area contributed by atoms with E-state index < -0.39 is 5.29 Å². The van der Waals surface area contributed by atoms with Crippen molar-refractivity contribution in [1.82, 2.24) is 0 Å². The minimum atomic E-state index is -0.819. The lowest BCUT2D eigenvalue weighted by Crippen LogP contribution is -2.28. The number of hydrogen-bond donors (Lipinski definition) is 0. The third kappa shape index (κ3) is 1.95. The summed E-state index contributed by atoms with van der Waals surface area (Å²) in [6.45, 7) is 5.79. The Morgan fingerprint density at radius 1 is 1.62 bits per heavy atom. The Morgan fingerprint density at radius 2 is 2.00 bits per heavy atom. The molecule has 0 aliphatic carbocycles. The number of hydrogen-bond acceptors (Lipinski definition) is 0. The second kappa shape index (κ2) is 2.62. The standard InChI is InChI=1S/C6H15FSi/c1-4-6(7,8)5(2)3/h5H,4H2,1-3,8H3. The summed E-state index contributed by atoms with van der Waals surface area (Å²) >= 11 is 0. The molecular formula is C6H15FSi. The van der Waals surface area contributed by atoms with Crippen LogP contribution < -0.4 is 0 Å². The second-order valence-electron chi connectivity index (χ2n) is 2.79. The zero-order valence-electron chi connectivity index (χ0n) is 6.16. The zero-order chi connectivity index (χ0) is 6.78. The SMILES string of the molecule is CCC(F)([SiH3])C(C)C. The third-order valence-electron chi connectivity index (χ3n) is 1.90. The quantitative estimate of drug-likeness (QED) is 0.496. The summed E-state index contributed by atoms with van der Waals surface area (Å²) in [5, 5.41) is -0.819. The van der Waals surface area contributed by atoms with Crippen molar-refractivity contribution >= 4 is 10.2 Å². The molecule has 0 spiro atoms. The maximum absolute atomic E-state index is 13.0. The maximum atomic E-state index is 13.0. The Morgan fingerprint density at radius 3 is 2.00 bits per heavy atom. The predicted molar refractivity (Wildman–Crippen MR) is 38.9 cm³/mol. The van der Waals surface area contributed by atoms with Crippen molar-refractivity contribution in [2.24, 2.45) is 5.92 Å². The van der Waals surface area contributed by atoms with Gasteiger partial charge in [-0.1, -0.05) is 20.8 Å². The van der Waals surface area contributed by atoms with Crippen LogP contribution in [0.15, 0.2) is 0 Å². The molecular weight excluding hydrogens is 119 g/mol. The zero-order valence-corrected chi connectivity index (χ0v) is 8.16. The van der Waals surface area contributed by atoms with Crippen LogP contribution in [0.25, 0.3) is 0 Å². The molecule has 0 heterocycles. The highest BCUT2D eigenvalue weighted by Crippen LogP contribution is 2.20. The minimum absolute atomic E-state index is 0.208. The highest BCUT2D eigenvalue weighted by Gasteiger charge is 2.23. The highest BCUT2D eigenvalue weighted by atomic mass is 28.1. The lowest BCUT2D eigenvalue weighted by molar-refractivity contribution is 0.195. The molecule has 0 saturated carbocycles. The van der Waals surface area contributed by atoms with Gasteiger partial charge in [0, 0.05) is 0 Å². The van der Waals surface area contributed by atoms with Gasteiger partial charge in [-0.15, -0.1) is 0 Å². The molecule has 0 aromatic heterocycles. The van der Waals surface area contributed by atoms with Gasteiger partial charge >= 0.3 is 0 Å². The molecule has 0 fully saturated rings. The Labute approximate surface area is 53.9 Å². The van der Waals surface area contributed by atoms with Crippen molar-refractivity contribution in [3.05, 3.63) is 0 Å². The summed E-state index contributed by atoms with van der Waals surface area (Å²) in [6.07, 6.45) is 0.677. The van der Waals surface area contributed by atoms with E-state index in [9.17, 15) is 4.39 Å². The van der Waals surface area contributed by atoms with Gasteiger partial charge in [0.15, 0.2) is 0 Å². The third-order valence-corrected chi connectivity index (χ3v) is 3.76. The molecule has 50 valence electrons. The molecule has 0 aliphatic heterocycles. The van der Waals surface area contributed by atoms with E-state index in [0.29, 0.717) is 16.7 Å². The van der Waals surface area contributed by atoms with Gasteiger partial charge in [-0.2, -0.15) is 0 Å². The van der Waals surface area contributed by atoms with Gasteiger partial charge in [0.25, 0.3) is 0 Å². The number of rotatable bonds is 2. The molecule has 0 amide bonds. The van der Waals surface area contributed by atoms with Crippen LogP contribution in [0.1, 0.15) is 27.2 Å². The fourth-order valence-corrected chi connectivity index (χ4v) is 0.408. The molecule has 0 nitrogen and oxygen atoms in total. The average molecular weight is 134 g/mol. The summed E-state index contributed by atoms with van der Waals surface area (Å²) < 4.78 is 13.0. The summed E-state index contributed by atoms with van der Waals surface area (Å²) in [6, 6.07) is 0. The monoisotopic (exact) mass is 134 g/mol. The molecule has 2 heteroatoms. The van der Waals surface area contributed by atoms with Gasteiger partial charge in [0.05, 0.1) is 15.5 Å². The maximum Gasteiger partial charge on any atom is 0.0916 e. The van der Waals surface area contributed by atoms with E-state index in [1.165, 1.54) is 0 Å². The van der Waals surface area contributed by atoms with E-state index in [2.05, 4.69) is 0 Å². The topological polar surface area (TPSA) is 0 Å². The van der Waals surface area contributed by atoms with Gasteiger partial charge in [-0.25, -0.2) is 4.39 Å². The Kier molecular flexibility index (Phi) is 2.67. The van der Waals surface area contributed by atoms with Crippen LogP contribution in [-0.4, -0.2) is 15.5 Å². The lowest BCUT2D eigenvalue weighted by atomic mass is 10.1. The molecule has 0 rings (SSSR count). The molecule has 0 saturated heterocycles. The van der Waals surface area contributed by atoms with E-state index in [-0.39, 0.29) is 5.92 Å². The largest absolute Gasteiger partial charge is 0.249 e. The van der Waals surface area contributed by atoms with Crippen LogP contribution in [0.3, 0.4) is 0 Å². The van der Waals surface area contributed by atoms with Crippen molar-refractivity contribution in [2.75, 3.05) is 0 Å². The van der Waals surface area contributed by atoms with Crippen molar-refractivity contribution in [2.45, 2.75) is 32.5 Å². The number of halogens is 1. The van der Waals surface area contributed by atoms with Crippen molar-refractivity contribution in [3.8, 4) is 0 Å². The van der Waals surface area contributed by atoms with E-state index in [0.717, 1.165) is 0 Å². The Hall–Kier alpha value is 0.147. The molecule has 0 aromatic carbocycles. The first-order valence-electron chi connectivity index (χ1n) is 3.19. The lowest BCUT2D eigenvalue weighted by Gasteiger charge is -2.22. The molecule has 1 atom stereocenters. The van der Waals surface area contributed by atoms with Crippen LogP contribution in [0, 0.1) is 5.92 Å². The Bertz CT molecular complexity index is 68.9. The van der Waals surface area contributed by atoms with E-state index in [1.54, 1.807) is 0 Å². The van der Waals surface area contributed by atoms with Gasteiger partial charge in [-0.05, 0) is 12.3 Å². The van der Waals surface area contributed by atoms with Gasteiger partial charge in [-0.3, -0.25) is 0 Å².